The van der Waals surface area contributed by atoms with E-state index in [4.69, 9.17) is 5.73 Å². The Hall–Kier alpha value is -1.20. The predicted octanol–water partition coefficient (Wildman–Crippen LogP) is 1.10. The molecule has 4 nitrogen and oxygen atoms in total. The minimum atomic E-state index is -1.03. The van der Waals surface area contributed by atoms with Gasteiger partial charge in [0, 0.05) is 12.3 Å². The molecule has 0 saturated carbocycles. The standard InChI is InChI=1S/C12H16N2O2S/c1-12(13,9-2-4-10(15)5-3-9)11(16)14-6-7-17-8-14/h2-5,15H,6-8,13H2,1H3/t12-/m0/s1. The van der Waals surface area contributed by atoms with Gasteiger partial charge in [0.15, 0.2) is 0 Å². The van der Waals surface area contributed by atoms with E-state index in [1.807, 2.05) is 0 Å². The van der Waals surface area contributed by atoms with Crippen molar-refractivity contribution >= 4 is 17.7 Å². The van der Waals surface area contributed by atoms with Crippen LogP contribution in [0.15, 0.2) is 24.3 Å². The molecule has 0 unspecified atom stereocenters. The van der Waals surface area contributed by atoms with Gasteiger partial charge in [-0.2, -0.15) is 0 Å². The van der Waals surface area contributed by atoms with E-state index in [-0.39, 0.29) is 11.7 Å². The third-order valence-corrected chi connectivity index (χ3v) is 3.92. The molecule has 1 aliphatic heterocycles. The van der Waals surface area contributed by atoms with Crippen molar-refractivity contribution in [2.45, 2.75) is 12.5 Å². The number of hydrogen-bond acceptors (Lipinski definition) is 4. The molecule has 1 aromatic rings. The Bertz CT molecular complexity index is 411. The minimum absolute atomic E-state index is 0.0619. The Balaban J connectivity index is 2.22. The maximum absolute atomic E-state index is 12.3. The number of nitrogens with zero attached hydrogens (tertiary/aromatic N) is 1. The van der Waals surface area contributed by atoms with Gasteiger partial charge in [0.1, 0.15) is 11.3 Å². The first-order chi connectivity index (χ1) is 8.01. The van der Waals surface area contributed by atoms with E-state index in [0.29, 0.717) is 5.88 Å². The van der Waals surface area contributed by atoms with Crippen molar-refractivity contribution < 1.29 is 9.90 Å². The monoisotopic (exact) mass is 252 g/mol. The summed E-state index contributed by atoms with van der Waals surface area (Å²) < 4.78 is 0. The molecule has 1 fully saturated rings. The lowest BCUT2D eigenvalue weighted by Crippen LogP contribution is -2.50. The molecule has 2 rings (SSSR count). The zero-order valence-corrected chi connectivity index (χ0v) is 10.5. The van der Waals surface area contributed by atoms with Gasteiger partial charge in [-0.15, -0.1) is 11.8 Å². The van der Waals surface area contributed by atoms with Gasteiger partial charge in [-0.05, 0) is 24.6 Å². The molecular formula is C12H16N2O2S. The van der Waals surface area contributed by atoms with Gasteiger partial charge in [-0.25, -0.2) is 0 Å². The second kappa shape index (κ2) is 4.58. The van der Waals surface area contributed by atoms with Crippen molar-refractivity contribution in [2.24, 2.45) is 5.73 Å². The van der Waals surface area contributed by atoms with Gasteiger partial charge in [-0.3, -0.25) is 4.79 Å². The topological polar surface area (TPSA) is 66.6 Å². The van der Waals surface area contributed by atoms with Crippen molar-refractivity contribution in [3.05, 3.63) is 29.8 Å². The average Bonchev–Trinajstić information content (AvgIpc) is 2.82. The van der Waals surface area contributed by atoms with Crippen molar-refractivity contribution in [1.29, 1.82) is 0 Å². The van der Waals surface area contributed by atoms with Gasteiger partial charge < -0.3 is 15.7 Å². The van der Waals surface area contributed by atoms with Crippen molar-refractivity contribution in [1.82, 2.24) is 4.90 Å². The highest BCUT2D eigenvalue weighted by Crippen LogP contribution is 2.25. The lowest BCUT2D eigenvalue weighted by atomic mass is 9.91. The molecule has 92 valence electrons. The van der Waals surface area contributed by atoms with Gasteiger partial charge in [0.05, 0.1) is 5.88 Å². The third-order valence-electron chi connectivity index (χ3n) is 2.95. The fourth-order valence-corrected chi connectivity index (χ4v) is 2.78. The van der Waals surface area contributed by atoms with Crippen LogP contribution in [0.5, 0.6) is 5.75 Å². The molecule has 0 bridgehead atoms. The van der Waals surface area contributed by atoms with Crippen LogP contribution < -0.4 is 5.73 Å². The number of carbonyl (C=O) groups excluding carboxylic acids is 1. The van der Waals surface area contributed by atoms with Gasteiger partial charge in [-0.1, -0.05) is 12.1 Å². The molecule has 1 heterocycles. The molecule has 0 aromatic heterocycles. The molecule has 1 aromatic carbocycles. The first-order valence-electron chi connectivity index (χ1n) is 5.47. The zero-order valence-electron chi connectivity index (χ0n) is 9.72. The van der Waals surface area contributed by atoms with Crippen LogP contribution in [0.4, 0.5) is 0 Å². The van der Waals surface area contributed by atoms with Crippen LogP contribution in [-0.4, -0.2) is 34.1 Å². The van der Waals surface area contributed by atoms with E-state index in [2.05, 4.69) is 0 Å². The summed E-state index contributed by atoms with van der Waals surface area (Å²) in [7, 11) is 0. The molecule has 0 spiro atoms. The predicted molar refractivity (Wildman–Crippen MR) is 68.7 cm³/mol. The Labute approximate surface area is 105 Å². The molecule has 0 aliphatic carbocycles. The van der Waals surface area contributed by atoms with E-state index in [1.165, 1.54) is 0 Å². The van der Waals surface area contributed by atoms with Crippen LogP contribution in [0.2, 0.25) is 0 Å². The van der Waals surface area contributed by atoms with E-state index in [9.17, 15) is 9.90 Å². The molecule has 1 saturated heterocycles. The smallest absolute Gasteiger partial charge is 0.247 e. The minimum Gasteiger partial charge on any atom is -0.508 e. The maximum atomic E-state index is 12.3. The summed E-state index contributed by atoms with van der Waals surface area (Å²) >= 11 is 1.73. The van der Waals surface area contributed by atoms with E-state index in [1.54, 1.807) is 47.9 Å². The van der Waals surface area contributed by atoms with Crippen molar-refractivity contribution in [2.75, 3.05) is 18.2 Å². The molecule has 17 heavy (non-hydrogen) atoms. The summed E-state index contributed by atoms with van der Waals surface area (Å²) in [6, 6.07) is 6.48. The molecule has 1 aliphatic rings. The van der Waals surface area contributed by atoms with Crippen molar-refractivity contribution in [3.8, 4) is 5.75 Å². The number of amides is 1. The van der Waals surface area contributed by atoms with E-state index in [0.717, 1.165) is 17.9 Å². The van der Waals surface area contributed by atoms with E-state index < -0.39 is 5.54 Å². The zero-order chi connectivity index (χ0) is 12.5. The molecule has 1 atom stereocenters. The first kappa shape index (κ1) is 12.3. The van der Waals surface area contributed by atoms with Crippen LogP contribution >= 0.6 is 11.8 Å². The summed E-state index contributed by atoms with van der Waals surface area (Å²) in [6.45, 7) is 2.47. The van der Waals surface area contributed by atoms with Gasteiger partial charge in [0.2, 0.25) is 5.91 Å². The fourth-order valence-electron chi connectivity index (χ4n) is 1.83. The molecule has 1 amide bonds. The van der Waals surface area contributed by atoms with Gasteiger partial charge >= 0.3 is 0 Å². The van der Waals surface area contributed by atoms with Crippen LogP contribution in [0, 0.1) is 0 Å². The number of rotatable bonds is 2. The highest BCUT2D eigenvalue weighted by molar-refractivity contribution is 7.99. The number of benzene rings is 1. The molecular weight excluding hydrogens is 236 g/mol. The SMILES string of the molecule is C[C@@](N)(C(=O)N1CCSC1)c1ccc(O)cc1. The molecule has 3 N–H and O–H groups in total. The number of nitrogens with two attached hydrogens (primary N) is 1. The van der Waals surface area contributed by atoms with Crippen LogP contribution in [0.3, 0.4) is 0 Å². The average molecular weight is 252 g/mol. The number of thioether (sulfide) groups is 1. The maximum Gasteiger partial charge on any atom is 0.247 e. The summed E-state index contributed by atoms with van der Waals surface area (Å²) in [5.41, 5.74) is 5.82. The summed E-state index contributed by atoms with van der Waals surface area (Å²) in [4.78, 5) is 14.1. The van der Waals surface area contributed by atoms with Crippen LogP contribution in [-0.2, 0) is 10.3 Å². The largest absolute Gasteiger partial charge is 0.508 e. The Morgan fingerprint density at radius 1 is 1.47 bits per heavy atom. The fraction of sp³-hybridized carbons (Fsp3) is 0.417. The summed E-state index contributed by atoms with van der Waals surface area (Å²) in [6.07, 6.45) is 0. The van der Waals surface area contributed by atoms with Crippen LogP contribution in [0.1, 0.15) is 12.5 Å². The lowest BCUT2D eigenvalue weighted by Gasteiger charge is -2.28. The number of phenolic OH excluding ortho intramolecular Hbond substituents is 1. The summed E-state index contributed by atoms with van der Waals surface area (Å²) in [5.74, 6) is 1.79. The number of hydrogen-bond donors (Lipinski definition) is 2. The Kier molecular flexibility index (Phi) is 3.31. The van der Waals surface area contributed by atoms with E-state index >= 15 is 0 Å². The Morgan fingerprint density at radius 2 is 2.12 bits per heavy atom. The van der Waals surface area contributed by atoms with Crippen molar-refractivity contribution in [3.63, 3.8) is 0 Å². The Morgan fingerprint density at radius 3 is 2.65 bits per heavy atom. The normalized spacial score (nSPS) is 19.1. The second-order valence-electron chi connectivity index (χ2n) is 4.36. The highest BCUT2D eigenvalue weighted by atomic mass is 32.2. The third kappa shape index (κ3) is 2.40. The number of aromatic hydroxyl groups is 1. The second-order valence-corrected chi connectivity index (χ2v) is 5.43. The highest BCUT2D eigenvalue weighted by Gasteiger charge is 2.35. The quantitative estimate of drug-likeness (QED) is 0.827. The number of phenols is 1. The van der Waals surface area contributed by atoms with Crippen LogP contribution in [0.25, 0.3) is 0 Å². The van der Waals surface area contributed by atoms with Gasteiger partial charge in [0.25, 0.3) is 0 Å². The first-order valence-corrected chi connectivity index (χ1v) is 6.63. The molecule has 0 radical (unpaired) electrons. The lowest BCUT2D eigenvalue weighted by molar-refractivity contribution is -0.135. The number of carbonyl (C=O) groups is 1. The summed E-state index contributed by atoms with van der Waals surface area (Å²) in [5, 5.41) is 9.23. The molecule has 5 heteroatoms.